The first kappa shape index (κ1) is 11.6. The molecule has 0 bridgehead atoms. The quantitative estimate of drug-likeness (QED) is 0.660. The van der Waals surface area contributed by atoms with Gasteiger partial charge in [-0.05, 0) is 23.6 Å². The van der Waals surface area contributed by atoms with Crippen LogP contribution in [0, 0.1) is 0 Å². The van der Waals surface area contributed by atoms with Crippen molar-refractivity contribution < 1.29 is 9.47 Å². The highest BCUT2D eigenvalue weighted by Crippen LogP contribution is 2.33. The van der Waals surface area contributed by atoms with Crippen molar-refractivity contribution in [2.24, 2.45) is 0 Å². The summed E-state index contributed by atoms with van der Waals surface area (Å²) in [5, 5.41) is 1.96. The molecule has 1 aromatic carbocycles. The zero-order valence-electron chi connectivity index (χ0n) is 10.7. The summed E-state index contributed by atoms with van der Waals surface area (Å²) < 4.78 is 12.5. The molecule has 0 saturated carbocycles. The van der Waals surface area contributed by atoms with Gasteiger partial charge >= 0.3 is 0 Å². The highest BCUT2D eigenvalue weighted by atomic mass is 16.5. The second-order valence-electron chi connectivity index (χ2n) is 4.27. The summed E-state index contributed by atoms with van der Waals surface area (Å²) in [6, 6.07) is 8.94. The molecule has 0 radical (unpaired) electrons. The average Bonchev–Trinajstić information content (AvgIpc) is 2.45. The van der Waals surface area contributed by atoms with E-state index in [0.29, 0.717) is 11.5 Å². The van der Waals surface area contributed by atoms with E-state index in [-0.39, 0.29) is 5.43 Å². The SMILES string of the molecule is COc1cc2ccn3ccc(=O)cc3c2cc1OC. The minimum absolute atomic E-state index is 0.0118. The molecule has 2 aromatic heterocycles. The van der Waals surface area contributed by atoms with Crippen molar-refractivity contribution >= 4 is 16.3 Å². The average molecular weight is 255 g/mol. The van der Waals surface area contributed by atoms with Gasteiger partial charge in [0.15, 0.2) is 16.9 Å². The summed E-state index contributed by atoms with van der Waals surface area (Å²) in [5.74, 6) is 1.33. The molecule has 0 amide bonds. The summed E-state index contributed by atoms with van der Waals surface area (Å²) in [6.45, 7) is 0. The molecule has 96 valence electrons. The fraction of sp³-hybridized carbons (Fsp3) is 0.133. The Morgan fingerprint density at radius 2 is 1.63 bits per heavy atom. The van der Waals surface area contributed by atoms with Gasteiger partial charge in [0.2, 0.25) is 0 Å². The summed E-state index contributed by atoms with van der Waals surface area (Å²) in [6.07, 6.45) is 3.68. The van der Waals surface area contributed by atoms with E-state index in [1.165, 1.54) is 0 Å². The number of rotatable bonds is 2. The minimum atomic E-state index is -0.0118. The van der Waals surface area contributed by atoms with E-state index in [0.717, 1.165) is 16.3 Å². The highest BCUT2D eigenvalue weighted by molar-refractivity contribution is 5.97. The van der Waals surface area contributed by atoms with Crippen LogP contribution in [0.5, 0.6) is 11.5 Å². The molecule has 3 rings (SSSR count). The molecule has 0 aliphatic rings. The maximum atomic E-state index is 11.5. The third kappa shape index (κ3) is 1.81. The Hall–Kier alpha value is -2.49. The zero-order chi connectivity index (χ0) is 13.4. The lowest BCUT2D eigenvalue weighted by Gasteiger charge is -2.11. The number of benzene rings is 1. The minimum Gasteiger partial charge on any atom is -0.493 e. The fourth-order valence-electron chi connectivity index (χ4n) is 2.25. The van der Waals surface area contributed by atoms with Gasteiger partial charge in [-0.3, -0.25) is 4.79 Å². The Bertz CT molecular complexity index is 821. The van der Waals surface area contributed by atoms with Crippen LogP contribution < -0.4 is 14.9 Å². The molecular weight excluding hydrogens is 242 g/mol. The van der Waals surface area contributed by atoms with Gasteiger partial charge in [0.25, 0.3) is 0 Å². The predicted molar refractivity (Wildman–Crippen MR) is 74.3 cm³/mol. The highest BCUT2D eigenvalue weighted by Gasteiger charge is 2.08. The number of ether oxygens (including phenoxy) is 2. The van der Waals surface area contributed by atoms with Gasteiger partial charge in [-0.15, -0.1) is 0 Å². The van der Waals surface area contributed by atoms with Crippen LogP contribution in [0.1, 0.15) is 0 Å². The first-order valence-corrected chi connectivity index (χ1v) is 5.89. The van der Waals surface area contributed by atoms with Gasteiger partial charge in [0, 0.05) is 29.9 Å². The summed E-state index contributed by atoms with van der Waals surface area (Å²) in [4.78, 5) is 11.5. The van der Waals surface area contributed by atoms with E-state index in [2.05, 4.69) is 0 Å². The van der Waals surface area contributed by atoms with Gasteiger partial charge in [0.1, 0.15) is 0 Å². The number of pyridine rings is 2. The van der Waals surface area contributed by atoms with Crippen LogP contribution in [0.25, 0.3) is 16.3 Å². The van der Waals surface area contributed by atoms with Crippen LogP contribution in [0.3, 0.4) is 0 Å². The molecule has 2 heterocycles. The van der Waals surface area contributed by atoms with Crippen LogP contribution in [0.15, 0.2) is 47.5 Å². The lowest BCUT2D eigenvalue weighted by Crippen LogP contribution is -2.00. The maximum Gasteiger partial charge on any atom is 0.182 e. The van der Waals surface area contributed by atoms with Crippen LogP contribution in [0.2, 0.25) is 0 Å². The number of nitrogens with zero attached hydrogens (tertiary/aromatic N) is 1. The topological polar surface area (TPSA) is 39.9 Å². The molecule has 19 heavy (non-hydrogen) atoms. The molecule has 0 aliphatic heterocycles. The van der Waals surface area contributed by atoms with Gasteiger partial charge in [-0.2, -0.15) is 0 Å². The van der Waals surface area contributed by atoms with Crippen molar-refractivity contribution in [3.63, 3.8) is 0 Å². The van der Waals surface area contributed by atoms with Gasteiger partial charge < -0.3 is 13.9 Å². The molecule has 4 nitrogen and oxygen atoms in total. The van der Waals surface area contributed by atoms with E-state index in [4.69, 9.17) is 9.47 Å². The van der Waals surface area contributed by atoms with Crippen LogP contribution in [-0.2, 0) is 0 Å². The molecule has 0 N–H and O–H groups in total. The largest absolute Gasteiger partial charge is 0.493 e. The first-order valence-electron chi connectivity index (χ1n) is 5.89. The van der Waals surface area contributed by atoms with Crippen molar-refractivity contribution in [1.82, 2.24) is 4.40 Å². The maximum absolute atomic E-state index is 11.5. The summed E-state index contributed by atoms with van der Waals surface area (Å²) in [7, 11) is 3.20. The van der Waals surface area contributed by atoms with Gasteiger partial charge in [-0.1, -0.05) is 0 Å². The molecule has 0 fully saturated rings. The molecule has 0 saturated heterocycles. The number of hydrogen-bond acceptors (Lipinski definition) is 3. The number of fused-ring (bicyclic) bond motifs is 3. The smallest absolute Gasteiger partial charge is 0.182 e. The van der Waals surface area contributed by atoms with Crippen molar-refractivity contribution in [1.29, 1.82) is 0 Å². The molecule has 4 heteroatoms. The standard InChI is InChI=1S/C15H13NO3/c1-18-14-7-10-3-5-16-6-4-11(17)8-13(16)12(10)9-15(14)19-2/h3-9H,1-2H3. The summed E-state index contributed by atoms with van der Waals surface area (Å²) in [5.41, 5.74) is 0.841. The summed E-state index contributed by atoms with van der Waals surface area (Å²) >= 11 is 0. The van der Waals surface area contributed by atoms with Crippen molar-refractivity contribution in [3.8, 4) is 11.5 Å². The third-order valence-corrected chi connectivity index (χ3v) is 3.20. The number of aromatic nitrogens is 1. The monoisotopic (exact) mass is 255 g/mol. The molecular formula is C15H13NO3. The second kappa shape index (κ2) is 4.31. The van der Waals surface area contributed by atoms with E-state index in [9.17, 15) is 4.79 Å². The van der Waals surface area contributed by atoms with Crippen LogP contribution in [-0.4, -0.2) is 18.6 Å². The Labute approximate surface area is 109 Å². The Balaban J connectivity index is 2.47. The lowest BCUT2D eigenvalue weighted by molar-refractivity contribution is 0.356. The molecule has 0 spiro atoms. The zero-order valence-corrected chi connectivity index (χ0v) is 10.7. The van der Waals surface area contributed by atoms with E-state index in [1.54, 1.807) is 32.5 Å². The lowest BCUT2D eigenvalue weighted by atomic mass is 10.1. The Kier molecular flexibility index (Phi) is 2.63. The molecule has 0 aliphatic carbocycles. The fourth-order valence-corrected chi connectivity index (χ4v) is 2.25. The normalized spacial score (nSPS) is 10.8. The Morgan fingerprint density at radius 3 is 2.37 bits per heavy atom. The number of hydrogen-bond donors (Lipinski definition) is 0. The first-order chi connectivity index (χ1) is 9.22. The predicted octanol–water partition coefficient (Wildman–Crippen LogP) is 2.47. The van der Waals surface area contributed by atoms with Crippen LogP contribution in [0.4, 0.5) is 0 Å². The molecule has 0 unspecified atom stereocenters. The van der Waals surface area contributed by atoms with E-state index >= 15 is 0 Å². The molecule has 0 atom stereocenters. The Morgan fingerprint density at radius 1 is 0.947 bits per heavy atom. The van der Waals surface area contributed by atoms with Crippen LogP contribution >= 0.6 is 0 Å². The third-order valence-electron chi connectivity index (χ3n) is 3.20. The second-order valence-corrected chi connectivity index (χ2v) is 4.27. The molecule has 3 aromatic rings. The van der Waals surface area contributed by atoms with E-state index in [1.807, 2.05) is 28.8 Å². The number of methoxy groups -OCH3 is 2. The van der Waals surface area contributed by atoms with Crippen molar-refractivity contribution in [2.75, 3.05) is 14.2 Å². The van der Waals surface area contributed by atoms with Gasteiger partial charge in [0.05, 0.1) is 19.7 Å². The van der Waals surface area contributed by atoms with E-state index < -0.39 is 0 Å². The van der Waals surface area contributed by atoms with Crippen molar-refractivity contribution in [2.45, 2.75) is 0 Å². The van der Waals surface area contributed by atoms with Crippen molar-refractivity contribution in [3.05, 3.63) is 52.9 Å². The van der Waals surface area contributed by atoms with Gasteiger partial charge in [-0.25, -0.2) is 0 Å².